The Hall–Kier alpha value is -2.66. The van der Waals surface area contributed by atoms with Gasteiger partial charge in [-0.2, -0.15) is 0 Å². The van der Waals surface area contributed by atoms with Crippen LogP contribution in [0.2, 0.25) is 5.02 Å². The summed E-state index contributed by atoms with van der Waals surface area (Å²) in [6.45, 7) is 4.87. The zero-order valence-electron chi connectivity index (χ0n) is 15.5. The molecule has 1 N–H and O–H groups in total. The van der Waals surface area contributed by atoms with E-state index in [0.717, 1.165) is 5.56 Å². The van der Waals surface area contributed by atoms with Crippen LogP contribution in [-0.2, 0) is 14.3 Å². The molecule has 5 nitrogen and oxygen atoms in total. The van der Waals surface area contributed by atoms with Crippen LogP contribution in [0.1, 0.15) is 42.6 Å². The molecule has 0 saturated heterocycles. The molecule has 0 spiro atoms. The topological polar surface area (TPSA) is 72.5 Å². The predicted molar refractivity (Wildman–Crippen MR) is 105 cm³/mol. The molecule has 1 amide bonds. The maximum absolute atomic E-state index is 12.5. The number of ether oxygens (including phenoxy) is 1. The Labute approximate surface area is 163 Å². The largest absolute Gasteiger partial charge is 0.455 e. The molecule has 0 aliphatic carbocycles. The fraction of sp³-hybridized carbons (Fsp3) is 0.286. The third-order valence-electron chi connectivity index (χ3n) is 4.05. The first-order chi connectivity index (χ1) is 12.8. The molecule has 1 atom stereocenters. The van der Waals surface area contributed by atoms with Crippen LogP contribution in [0.4, 0.5) is 5.69 Å². The number of anilines is 1. The summed E-state index contributed by atoms with van der Waals surface area (Å²) in [4.78, 5) is 36.0. The minimum atomic E-state index is -0.490. The molecule has 2 rings (SSSR count). The highest BCUT2D eigenvalue weighted by Crippen LogP contribution is 2.27. The highest BCUT2D eigenvalue weighted by molar-refractivity contribution is 6.30. The van der Waals surface area contributed by atoms with Crippen molar-refractivity contribution >= 4 is 34.9 Å². The predicted octanol–water partition coefficient (Wildman–Crippen LogP) is 4.46. The van der Waals surface area contributed by atoms with Crippen molar-refractivity contribution in [2.45, 2.75) is 26.7 Å². The maximum atomic E-state index is 12.5. The van der Waals surface area contributed by atoms with E-state index in [-0.39, 0.29) is 11.7 Å². The molecule has 0 aliphatic rings. The summed E-state index contributed by atoms with van der Waals surface area (Å²) in [6, 6.07) is 13.6. The Balaban J connectivity index is 1.98. The Morgan fingerprint density at radius 3 is 2.33 bits per heavy atom. The lowest BCUT2D eigenvalue weighted by Crippen LogP contribution is -2.26. The van der Waals surface area contributed by atoms with Crippen LogP contribution in [0.15, 0.2) is 48.5 Å². The van der Waals surface area contributed by atoms with Gasteiger partial charge >= 0.3 is 5.97 Å². The third-order valence-corrected chi connectivity index (χ3v) is 4.30. The maximum Gasteiger partial charge on any atom is 0.314 e. The second-order valence-corrected chi connectivity index (χ2v) is 7.00. The summed E-state index contributed by atoms with van der Waals surface area (Å²) < 4.78 is 5.21. The van der Waals surface area contributed by atoms with Crippen LogP contribution in [0, 0.1) is 5.92 Å². The van der Waals surface area contributed by atoms with Crippen LogP contribution in [0.25, 0.3) is 0 Å². The Morgan fingerprint density at radius 1 is 1.07 bits per heavy atom. The lowest BCUT2D eigenvalue weighted by atomic mass is 9.88. The summed E-state index contributed by atoms with van der Waals surface area (Å²) in [7, 11) is 0. The first-order valence-corrected chi connectivity index (χ1v) is 8.98. The molecule has 0 unspecified atom stereocenters. The van der Waals surface area contributed by atoms with E-state index in [9.17, 15) is 14.4 Å². The highest BCUT2D eigenvalue weighted by atomic mass is 35.5. The van der Waals surface area contributed by atoms with E-state index in [1.165, 1.54) is 6.92 Å². The van der Waals surface area contributed by atoms with Crippen LogP contribution < -0.4 is 5.32 Å². The fourth-order valence-corrected chi connectivity index (χ4v) is 2.83. The van der Waals surface area contributed by atoms with E-state index >= 15 is 0 Å². The highest BCUT2D eigenvalue weighted by Gasteiger charge is 2.26. The summed E-state index contributed by atoms with van der Waals surface area (Å²) in [5.41, 5.74) is 1.75. The number of benzene rings is 2. The van der Waals surface area contributed by atoms with Gasteiger partial charge in [-0.25, -0.2) is 0 Å². The van der Waals surface area contributed by atoms with Crippen LogP contribution in [-0.4, -0.2) is 24.3 Å². The number of hydrogen-bond acceptors (Lipinski definition) is 4. The summed E-state index contributed by atoms with van der Waals surface area (Å²) in [6.07, 6.45) is 0. The zero-order valence-corrected chi connectivity index (χ0v) is 16.2. The Morgan fingerprint density at radius 2 is 1.74 bits per heavy atom. The minimum absolute atomic E-state index is 0.00557. The first-order valence-electron chi connectivity index (χ1n) is 8.61. The SMILES string of the molecule is CC(=O)c1cccc(NC(=O)COC(=O)[C@H](c2ccc(Cl)cc2)C(C)C)c1. The quantitative estimate of drug-likeness (QED) is 0.562. The van der Waals surface area contributed by atoms with E-state index in [0.29, 0.717) is 16.3 Å². The molecular formula is C21H22ClNO4. The van der Waals surface area contributed by atoms with E-state index in [1.54, 1.807) is 48.5 Å². The van der Waals surface area contributed by atoms with E-state index in [4.69, 9.17) is 16.3 Å². The lowest BCUT2D eigenvalue weighted by molar-refractivity contribution is -0.149. The number of carbonyl (C=O) groups is 3. The molecule has 0 heterocycles. The van der Waals surface area contributed by atoms with Gasteiger partial charge in [-0.3, -0.25) is 14.4 Å². The second-order valence-electron chi connectivity index (χ2n) is 6.57. The van der Waals surface area contributed by atoms with Crippen molar-refractivity contribution in [1.82, 2.24) is 0 Å². The van der Waals surface area contributed by atoms with Gasteiger partial charge < -0.3 is 10.1 Å². The molecule has 2 aromatic carbocycles. The van der Waals surface area contributed by atoms with Crippen molar-refractivity contribution in [3.63, 3.8) is 0 Å². The summed E-state index contributed by atoms with van der Waals surface area (Å²) in [5.74, 6) is -1.53. The van der Waals surface area contributed by atoms with Crippen molar-refractivity contribution in [1.29, 1.82) is 0 Å². The summed E-state index contributed by atoms with van der Waals surface area (Å²) >= 11 is 5.90. The minimum Gasteiger partial charge on any atom is -0.455 e. The van der Waals surface area contributed by atoms with Gasteiger partial charge in [0, 0.05) is 16.3 Å². The molecule has 0 radical (unpaired) electrons. The molecular weight excluding hydrogens is 366 g/mol. The van der Waals surface area contributed by atoms with Crippen LogP contribution in [0.5, 0.6) is 0 Å². The van der Waals surface area contributed by atoms with Gasteiger partial charge in [-0.05, 0) is 42.7 Å². The average Bonchev–Trinajstić information content (AvgIpc) is 2.62. The van der Waals surface area contributed by atoms with Crippen molar-refractivity contribution < 1.29 is 19.1 Å². The molecule has 0 saturated carbocycles. The van der Waals surface area contributed by atoms with Crippen molar-refractivity contribution in [2.24, 2.45) is 5.92 Å². The number of rotatable bonds is 7. The van der Waals surface area contributed by atoms with E-state index in [2.05, 4.69) is 5.32 Å². The van der Waals surface area contributed by atoms with Crippen molar-refractivity contribution in [3.05, 3.63) is 64.7 Å². The van der Waals surface area contributed by atoms with Gasteiger partial charge in [-0.1, -0.05) is 49.7 Å². The molecule has 6 heteroatoms. The fourth-order valence-electron chi connectivity index (χ4n) is 2.70. The molecule has 0 bridgehead atoms. The molecule has 142 valence electrons. The van der Waals surface area contributed by atoms with Gasteiger partial charge in [0.25, 0.3) is 5.91 Å². The Bertz CT molecular complexity index is 830. The molecule has 0 aromatic heterocycles. The van der Waals surface area contributed by atoms with Gasteiger partial charge in [0.05, 0.1) is 5.92 Å². The monoisotopic (exact) mass is 387 g/mol. The normalized spacial score (nSPS) is 11.7. The van der Waals surface area contributed by atoms with Crippen LogP contribution in [0.3, 0.4) is 0 Å². The number of amides is 1. The molecule has 0 aliphatic heterocycles. The number of hydrogen-bond donors (Lipinski definition) is 1. The molecule has 0 fully saturated rings. The smallest absolute Gasteiger partial charge is 0.314 e. The van der Waals surface area contributed by atoms with Crippen molar-refractivity contribution in [3.8, 4) is 0 Å². The zero-order chi connectivity index (χ0) is 20.0. The third kappa shape index (κ3) is 5.93. The van der Waals surface area contributed by atoms with Gasteiger partial charge in [0.15, 0.2) is 12.4 Å². The number of halogens is 1. The second kappa shape index (κ2) is 9.33. The number of nitrogens with one attached hydrogen (secondary N) is 1. The van der Waals surface area contributed by atoms with Gasteiger partial charge in [0.2, 0.25) is 0 Å². The Kier molecular flexibility index (Phi) is 7.13. The summed E-state index contributed by atoms with van der Waals surface area (Å²) in [5, 5.41) is 3.21. The lowest BCUT2D eigenvalue weighted by Gasteiger charge is -2.20. The number of carbonyl (C=O) groups excluding carboxylic acids is 3. The molecule has 27 heavy (non-hydrogen) atoms. The van der Waals surface area contributed by atoms with E-state index < -0.39 is 24.4 Å². The van der Waals surface area contributed by atoms with Gasteiger partial charge in [0.1, 0.15) is 0 Å². The van der Waals surface area contributed by atoms with Crippen molar-refractivity contribution in [2.75, 3.05) is 11.9 Å². The first kappa shape index (κ1) is 20.6. The molecule has 2 aromatic rings. The number of Topliss-reactive ketones (excluding diaryl/α,β-unsaturated/α-hetero) is 1. The van der Waals surface area contributed by atoms with Gasteiger partial charge in [-0.15, -0.1) is 0 Å². The average molecular weight is 388 g/mol. The van der Waals surface area contributed by atoms with Crippen LogP contribution >= 0.6 is 11.6 Å². The van der Waals surface area contributed by atoms with E-state index in [1.807, 2.05) is 13.8 Å². The standard InChI is InChI=1S/C21H22ClNO4/c1-13(2)20(15-7-9-17(22)10-8-15)21(26)27-12-19(25)23-18-6-4-5-16(11-18)14(3)24/h4-11,13,20H,12H2,1-3H3,(H,23,25)/t20-/m0/s1. The number of ketones is 1. The number of esters is 1.